The zero-order valence-electron chi connectivity index (χ0n) is 10.6. The van der Waals surface area contributed by atoms with Crippen LogP contribution in [0.3, 0.4) is 0 Å². The van der Waals surface area contributed by atoms with Crippen LogP contribution in [0.5, 0.6) is 0 Å². The molecule has 0 radical (unpaired) electrons. The van der Waals surface area contributed by atoms with Gasteiger partial charge in [-0.05, 0) is 49.4 Å². The van der Waals surface area contributed by atoms with Crippen LogP contribution in [0.1, 0.15) is 39.0 Å². The number of fused-ring (bicyclic) bond motifs is 5. The number of hydrogen-bond donors (Lipinski definition) is 1. The number of rotatable bonds is 3. The Kier molecular flexibility index (Phi) is 2.11. The molecule has 0 aromatic heterocycles. The molecule has 4 aliphatic rings. The van der Waals surface area contributed by atoms with Crippen LogP contribution in [-0.2, 0) is 4.79 Å². The van der Waals surface area contributed by atoms with Crippen LogP contribution in [0.25, 0.3) is 0 Å². The zero-order chi connectivity index (χ0) is 11.6. The Labute approximate surface area is 103 Å². The second kappa shape index (κ2) is 3.47. The van der Waals surface area contributed by atoms with Crippen molar-refractivity contribution in [2.45, 2.75) is 51.1 Å². The van der Waals surface area contributed by atoms with Gasteiger partial charge in [0.05, 0.1) is 12.7 Å². The van der Waals surface area contributed by atoms with Crippen LogP contribution in [0.2, 0.25) is 0 Å². The molecule has 0 spiro atoms. The number of nitrogens with zero attached hydrogens (tertiary/aromatic N) is 1. The van der Waals surface area contributed by atoms with E-state index in [1.165, 1.54) is 19.3 Å². The molecule has 0 aromatic carbocycles. The Morgan fingerprint density at radius 3 is 2.65 bits per heavy atom. The summed E-state index contributed by atoms with van der Waals surface area (Å²) in [6.07, 6.45) is 6.45. The molecule has 1 amide bonds. The highest BCUT2D eigenvalue weighted by Crippen LogP contribution is 2.67. The summed E-state index contributed by atoms with van der Waals surface area (Å²) in [5.41, 5.74) is 0. The van der Waals surface area contributed by atoms with Gasteiger partial charge in [0.25, 0.3) is 0 Å². The number of carbonyl (C=O) groups is 1. The minimum atomic E-state index is 0.124. The Hall–Kier alpha value is -0.570. The molecule has 5 unspecified atom stereocenters. The van der Waals surface area contributed by atoms with Crippen LogP contribution >= 0.6 is 0 Å². The first-order valence-electron chi connectivity index (χ1n) is 7.35. The first-order valence-corrected chi connectivity index (χ1v) is 7.35. The SMILES string of the molecule is CCCC1NCN(C2C3C4CCC(C4)C32)C1=O. The van der Waals surface area contributed by atoms with Crippen molar-refractivity contribution in [3.8, 4) is 0 Å². The average molecular weight is 234 g/mol. The fourth-order valence-electron chi connectivity index (χ4n) is 5.04. The van der Waals surface area contributed by atoms with E-state index in [9.17, 15) is 4.79 Å². The number of carbonyl (C=O) groups excluding carboxylic acids is 1. The van der Waals surface area contributed by atoms with Crippen molar-refractivity contribution in [2.24, 2.45) is 23.7 Å². The maximum Gasteiger partial charge on any atom is 0.241 e. The lowest BCUT2D eigenvalue weighted by Crippen LogP contribution is -2.34. The van der Waals surface area contributed by atoms with Crippen molar-refractivity contribution in [3.63, 3.8) is 0 Å². The molecule has 4 fully saturated rings. The van der Waals surface area contributed by atoms with Crippen LogP contribution in [0, 0.1) is 23.7 Å². The Balaban J connectivity index is 1.47. The van der Waals surface area contributed by atoms with Gasteiger partial charge in [-0.3, -0.25) is 10.1 Å². The molecule has 4 rings (SSSR count). The van der Waals surface area contributed by atoms with Gasteiger partial charge in [-0.15, -0.1) is 0 Å². The molecule has 3 aliphatic carbocycles. The average Bonchev–Trinajstić information content (AvgIpc) is 2.66. The van der Waals surface area contributed by atoms with Gasteiger partial charge in [-0.1, -0.05) is 13.3 Å². The fourth-order valence-corrected chi connectivity index (χ4v) is 5.04. The lowest BCUT2D eigenvalue weighted by atomic mass is 10.0. The van der Waals surface area contributed by atoms with Crippen molar-refractivity contribution in [2.75, 3.05) is 6.67 Å². The van der Waals surface area contributed by atoms with E-state index in [2.05, 4.69) is 17.1 Å². The third-order valence-electron chi connectivity index (χ3n) is 5.72. The zero-order valence-corrected chi connectivity index (χ0v) is 10.6. The minimum absolute atomic E-state index is 0.124. The van der Waals surface area contributed by atoms with E-state index in [0.29, 0.717) is 11.9 Å². The number of nitrogens with one attached hydrogen (secondary N) is 1. The summed E-state index contributed by atoms with van der Waals surface area (Å²) >= 11 is 0. The first kappa shape index (κ1) is 10.4. The van der Waals surface area contributed by atoms with Crippen molar-refractivity contribution in [1.82, 2.24) is 10.2 Å². The van der Waals surface area contributed by atoms with E-state index in [4.69, 9.17) is 0 Å². The highest BCUT2D eigenvalue weighted by molar-refractivity contribution is 5.84. The van der Waals surface area contributed by atoms with E-state index in [0.717, 1.165) is 43.2 Å². The lowest BCUT2D eigenvalue weighted by molar-refractivity contribution is -0.130. The highest BCUT2D eigenvalue weighted by Gasteiger charge is 2.68. The first-order chi connectivity index (χ1) is 8.31. The van der Waals surface area contributed by atoms with Crippen LogP contribution in [-0.4, -0.2) is 29.6 Å². The summed E-state index contributed by atoms with van der Waals surface area (Å²) < 4.78 is 0. The molecule has 2 bridgehead atoms. The van der Waals surface area contributed by atoms with E-state index >= 15 is 0 Å². The highest BCUT2D eigenvalue weighted by atomic mass is 16.2. The summed E-state index contributed by atoms with van der Waals surface area (Å²) in [4.78, 5) is 14.5. The summed E-state index contributed by atoms with van der Waals surface area (Å²) in [5, 5.41) is 3.39. The standard InChI is InChI=1S/C14H22N2O/c1-2-3-10-14(17)16(7-15-10)13-11-8-4-5-9(6-8)12(11)13/h8-13,15H,2-7H2,1H3. The van der Waals surface area contributed by atoms with E-state index in [-0.39, 0.29) is 6.04 Å². The normalized spacial score (nSPS) is 51.1. The third kappa shape index (κ3) is 1.29. The molecule has 17 heavy (non-hydrogen) atoms. The predicted octanol–water partition coefficient (Wildman–Crippen LogP) is 1.59. The molecule has 94 valence electrons. The number of hydrogen-bond acceptors (Lipinski definition) is 2. The van der Waals surface area contributed by atoms with Gasteiger partial charge in [0, 0.05) is 6.04 Å². The molecule has 3 nitrogen and oxygen atoms in total. The molecule has 1 N–H and O–H groups in total. The fraction of sp³-hybridized carbons (Fsp3) is 0.929. The summed E-state index contributed by atoms with van der Waals surface area (Å²) in [6.45, 7) is 2.98. The topological polar surface area (TPSA) is 32.3 Å². The van der Waals surface area contributed by atoms with E-state index < -0.39 is 0 Å². The van der Waals surface area contributed by atoms with Crippen LogP contribution in [0.4, 0.5) is 0 Å². The molecule has 0 aromatic rings. The largest absolute Gasteiger partial charge is 0.325 e. The predicted molar refractivity (Wildman–Crippen MR) is 65.1 cm³/mol. The summed E-state index contributed by atoms with van der Waals surface area (Å²) in [7, 11) is 0. The molecular weight excluding hydrogens is 212 g/mol. The summed E-state index contributed by atoms with van der Waals surface area (Å²) in [6, 6.07) is 0.752. The molecule has 1 aliphatic heterocycles. The molecule has 1 heterocycles. The Morgan fingerprint density at radius 1 is 1.29 bits per heavy atom. The lowest BCUT2D eigenvalue weighted by Gasteiger charge is -2.19. The van der Waals surface area contributed by atoms with Crippen molar-refractivity contribution in [3.05, 3.63) is 0 Å². The van der Waals surface area contributed by atoms with Gasteiger partial charge in [-0.25, -0.2) is 0 Å². The molecular formula is C14H22N2O. The van der Waals surface area contributed by atoms with Gasteiger partial charge in [0.15, 0.2) is 0 Å². The Bertz CT molecular complexity index is 340. The van der Waals surface area contributed by atoms with Crippen LogP contribution in [0.15, 0.2) is 0 Å². The van der Waals surface area contributed by atoms with Gasteiger partial charge in [-0.2, -0.15) is 0 Å². The molecule has 3 heteroatoms. The van der Waals surface area contributed by atoms with E-state index in [1.807, 2.05) is 0 Å². The van der Waals surface area contributed by atoms with Gasteiger partial charge in [0.1, 0.15) is 0 Å². The maximum atomic E-state index is 12.3. The third-order valence-corrected chi connectivity index (χ3v) is 5.72. The van der Waals surface area contributed by atoms with Crippen LogP contribution < -0.4 is 5.32 Å². The van der Waals surface area contributed by atoms with Gasteiger partial charge >= 0.3 is 0 Å². The Morgan fingerprint density at radius 2 is 2.00 bits per heavy atom. The van der Waals surface area contributed by atoms with Crippen molar-refractivity contribution < 1.29 is 4.79 Å². The van der Waals surface area contributed by atoms with Gasteiger partial charge < -0.3 is 4.90 Å². The maximum absolute atomic E-state index is 12.3. The quantitative estimate of drug-likeness (QED) is 0.804. The van der Waals surface area contributed by atoms with E-state index in [1.54, 1.807) is 0 Å². The molecule has 3 saturated carbocycles. The number of amides is 1. The second-order valence-corrected chi connectivity index (χ2v) is 6.49. The smallest absolute Gasteiger partial charge is 0.241 e. The molecule has 1 saturated heterocycles. The second-order valence-electron chi connectivity index (χ2n) is 6.49. The van der Waals surface area contributed by atoms with Crippen molar-refractivity contribution in [1.29, 1.82) is 0 Å². The minimum Gasteiger partial charge on any atom is -0.325 e. The monoisotopic (exact) mass is 234 g/mol. The van der Waals surface area contributed by atoms with Gasteiger partial charge in [0.2, 0.25) is 5.91 Å². The molecule has 5 atom stereocenters. The van der Waals surface area contributed by atoms with Crippen molar-refractivity contribution >= 4 is 5.91 Å². The summed E-state index contributed by atoms with van der Waals surface area (Å²) in [5.74, 6) is 4.10.